The summed E-state index contributed by atoms with van der Waals surface area (Å²) in [6.07, 6.45) is 2.72. The first-order valence-corrected chi connectivity index (χ1v) is 11.4. The first-order chi connectivity index (χ1) is 13.8. The Labute approximate surface area is 176 Å². The SMILES string of the molecule is COc1ccc([C@H](C)NC(=O)c2cc(S(=O)(=O)N3CCCCC3)ccc2Cl)cc1. The molecule has 29 heavy (non-hydrogen) atoms. The Balaban J connectivity index is 1.80. The Morgan fingerprint density at radius 1 is 1.10 bits per heavy atom. The third-order valence-electron chi connectivity index (χ3n) is 5.10. The van der Waals surface area contributed by atoms with Crippen molar-refractivity contribution in [2.45, 2.75) is 37.1 Å². The third kappa shape index (κ3) is 4.91. The van der Waals surface area contributed by atoms with Crippen molar-refractivity contribution >= 4 is 27.5 Å². The summed E-state index contributed by atoms with van der Waals surface area (Å²) >= 11 is 6.21. The first-order valence-electron chi connectivity index (χ1n) is 9.57. The molecule has 0 saturated carbocycles. The lowest BCUT2D eigenvalue weighted by Gasteiger charge is -2.26. The van der Waals surface area contributed by atoms with Crippen LogP contribution in [-0.2, 0) is 10.0 Å². The second kappa shape index (κ2) is 9.15. The molecule has 1 amide bonds. The monoisotopic (exact) mass is 436 g/mol. The highest BCUT2D eigenvalue weighted by Crippen LogP contribution is 2.26. The van der Waals surface area contributed by atoms with E-state index in [-0.39, 0.29) is 21.5 Å². The average molecular weight is 437 g/mol. The van der Waals surface area contributed by atoms with E-state index in [1.54, 1.807) is 7.11 Å². The van der Waals surface area contributed by atoms with E-state index in [1.807, 2.05) is 31.2 Å². The molecular weight excluding hydrogens is 412 g/mol. The summed E-state index contributed by atoms with van der Waals surface area (Å²) in [6, 6.07) is 11.4. The van der Waals surface area contributed by atoms with Crippen LogP contribution in [0.5, 0.6) is 5.75 Å². The molecule has 6 nitrogen and oxygen atoms in total. The van der Waals surface area contributed by atoms with Crippen molar-refractivity contribution in [1.82, 2.24) is 9.62 Å². The van der Waals surface area contributed by atoms with Gasteiger partial charge in [0.05, 0.1) is 28.6 Å². The highest BCUT2D eigenvalue weighted by molar-refractivity contribution is 7.89. The Kier molecular flexibility index (Phi) is 6.82. The van der Waals surface area contributed by atoms with Crippen LogP contribution >= 0.6 is 11.6 Å². The number of benzene rings is 2. The van der Waals surface area contributed by atoms with Crippen LogP contribution in [0.4, 0.5) is 0 Å². The van der Waals surface area contributed by atoms with Crippen LogP contribution in [0.1, 0.15) is 48.1 Å². The smallest absolute Gasteiger partial charge is 0.253 e. The molecule has 1 atom stereocenters. The molecule has 0 spiro atoms. The molecule has 1 saturated heterocycles. The lowest BCUT2D eigenvalue weighted by atomic mass is 10.1. The molecule has 0 unspecified atom stereocenters. The lowest BCUT2D eigenvalue weighted by Crippen LogP contribution is -2.35. The fraction of sp³-hybridized carbons (Fsp3) is 0.381. The van der Waals surface area contributed by atoms with Crippen LogP contribution in [-0.4, -0.2) is 38.8 Å². The standard InChI is InChI=1S/C21H25ClN2O4S/c1-15(16-6-8-17(28-2)9-7-16)23-21(25)19-14-18(10-11-20(19)22)29(26,27)24-12-4-3-5-13-24/h6-11,14-15H,3-5,12-13H2,1-2H3,(H,23,25)/t15-/m0/s1. The molecule has 8 heteroatoms. The normalized spacial score (nSPS) is 16.2. The second-order valence-corrected chi connectivity index (χ2v) is 9.42. The van der Waals surface area contributed by atoms with Crippen molar-refractivity contribution in [2.75, 3.05) is 20.2 Å². The molecule has 0 aromatic heterocycles. The van der Waals surface area contributed by atoms with Crippen LogP contribution in [0.25, 0.3) is 0 Å². The molecule has 0 bridgehead atoms. The third-order valence-corrected chi connectivity index (χ3v) is 7.32. The zero-order valence-electron chi connectivity index (χ0n) is 16.5. The Bertz CT molecular complexity index is 971. The van der Waals surface area contributed by atoms with E-state index in [2.05, 4.69) is 5.32 Å². The number of piperidine rings is 1. The molecule has 1 N–H and O–H groups in total. The van der Waals surface area contributed by atoms with Gasteiger partial charge in [0, 0.05) is 13.1 Å². The predicted molar refractivity (Wildman–Crippen MR) is 113 cm³/mol. The topological polar surface area (TPSA) is 75.7 Å². The van der Waals surface area contributed by atoms with Crippen LogP contribution in [0.15, 0.2) is 47.4 Å². The number of hydrogen-bond acceptors (Lipinski definition) is 4. The van der Waals surface area contributed by atoms with Gasteiger partial charge in [-0.05, 0) is 55.7 Å². The van der Waals surface area contributed by atoms with Crippen molar-refractivity contribution in [3.63, 3.8) is 0 Å². The molecular formula is C21H25ClN2O4S. The highest BCUT2D eigenvalue weighted by atomic mass is 35.5. The maximum Gasteiger partial charge on any atom is 0.253 e. The maximum absolute atomic E-state index is 12.9. The van der Waals surface area contributed by atoms with Gasteiger partial charge in [0.15, 0.2) is 0 Å². The minimum atomic E-state index is -3.64. The summed E-state index contributed by atoms with van der Waals surface area (Å²) in [5.74, 6) is 0.306. The fourth-order valence-corrected chi connectivity index (χ4v) is 5.09. The molecule has 1 aliphatic rings. The van der Waals surface area contributed by atoms with E-state index in [1.165, 1.54) is 22.5 Å². The van der Waals surface area contributed by atoms with Crippen molar-refractivity contribution in [2.24, 2.45) is 0 Å². The zero-order chi connectivity index (χ0) is 21.0. The number of rotatable bonds is 6. The second-order valence-electron chi connectivity index (χ2n) is 7.07. The van der Waals surface area contributed by atoms with Crippen LogP contribution in [0.3, 0.4) is 0 Å². The quantitative estimate of drug-likeness (QED) is 0.742. The molecule has 1 fully saturated rings. The van der Waals surface area contributed by atoms with Crippen LogP contribution in [0, 0.1) is 0 Å². The average Bonchev–Trinajstić information content (AvgIpc) is 2.74. The van der Waals surface area contributed by atoms with Crippen molar-refractivity contribution < 1.29 is 17.9 Å². The van der Waals surface area contributed by atoms with Gasteiger partial charge >= 0.3 is 0 Å². The van der Waals surface area contributed by atoms with Gasteiger partial charge in [0.1, 0.15) is 5.75 Å². The molecule has 1 heterocycles. The van der Waals surface area contributed by atoms with Gasteiger partial charge in [0.2, 0.25) is 10.0 Å². The number of carbonyl (C=O) groups is 1. The minimum Gasteiger partial charge on any atom is -0.497 e. The Hall–Kier alpha value is -2.09. The van der Waals surface area contributed by atoms with E-state index < -0.39 is 15.9 Å². The molecule has 2 aromatic carbocycles. The van der Waals surface area contributed by atoms with E-state index in [0.29, 0.717) is 13.1 Å². The fourth-order valence-electron chi connectivity index (χ4n) is 3.34. The van der Waals surface area contributed by atoms with E-state index in [0.717, 1.165) is 30.6 Å². The summed E-state index contributed by atoms with van der Waals surface area (Å²) in [5, 5.41) is 3.09. The number of halogens is 1. The summed E-state index contributed by atoms with van der Waals surface area (Å²) in [7, 11) is -2.05. The van der Waals surface area contributed by atoms with Crippen LogP contribution in [0.2, 0.25) is 5.02 Å². The van der Waals surface area contributed by atoms with E-state index >= 15 is 0 Å². The number of sulfonamides is 1. The molecule has 1 aliphatic heterocycles. The number of methoxy groups -OCH3 is 1. The van der Waals surface area contributed by atoms with Gasteiger partial charge in [-0.15, -0.1) is 0 Å². The lowest BCUT2D eigenvalue weighted by molar-refractivity contribution is 0.0940. The van der Waals surface area contributed by atoms with Crippen LogP contribution < -0.4 is 10.1 Å². The Morgan fingerprint density at radius 3 is 2.38 bits per heavy atom. The summed E-state index contributed by atoms with van der Waals surface area (Å²) in [4.78, 5) is 12.9. The van der Waals surface area contributed by atoms with Gasteiger partial charge < -0.3 is 10.1 Å². The molecule has 156 valence electrons. The molecule has 2 aromatic rings. The number of nitrogens with one attached hydrogen (secondary N) is 1. The molecule has 0 radical (unpaired) electrons. The summed E-state index contributed by atoms with van der Waals surface area (Å²) in [5.41, 5.74) is 1.04. The van der Waals surface area contributed by atoms with Gasteiger partial charge in [-0.3, -0.25) is 4.79 Å². The van der Waals surface area contributed by atoms with E-state index in [4.69, 9.17) is 16.3 Å². The number of amides is 1. The van der Waals surface area contributed by atoms with Gasteiger partial charge in [-0.2, -0.15) is 4.31 Å². The number of hydrogen-bond donors (Lipinski definition) is 1. The van der Waals surface area contributed by atoms with Crippen molar-refractivity contribution in [3.05, 3.63) is 58.6 Å². The summed E-state index contributed by atoms with van der Waals surface area (Å²) < 4.78 is 32.5. The van der Waals surface area contributed by atoms with E-state index in [9.17, 15) is 13.2 Å². The Morgan fingerprint density at radius 2 is 1.76 bits per heavy atom. The maximum atomic E-state index is 12.9. The summed E-state index contributed by atoms with van der Waals surface area (Å²) in [6.45, 7) is 2.85. The van der Waals surface area contributed by atoms with Crippen molar-refractivity contribution in [1.29, 1.82) is 0 Å². The first kappa shape index (κ1) is 21.6. The van der Waals surface area contributed by atoms with Gasteiger partial charge in [0.25, 0.3) is 5.91 Å². The highest BCUT2D eigenvalue weighted by Gasteiger charge is 2.27. The minimum absolute atomic E-state index is 0.0889. The molecule has 3 rings (SSSR count). The zero-order valence-corrected chi connectivity index (χ0v) is 18.1. The number of nitrogens with zero attached hydrogens (tertiary/aromatic N) is 1. The van der Waals surface area contributed by atoms with Gasteiger partial charge in [-0.25, -0.2) is 8.42 Å². The van der Waals surface area contributed by atoms with Crippen molar-refractivity contribution in [3.8, 4) is 5.75 Å². The molecule has 0 aliphatic carbocycles. The largest absolute Gasteiger partial charge is 0.497 e. The number of ether oxygens (including phenoxy) is 1. The number of carbonyl (C=O) groups excluding carboxylic acids is 1. The predicted octanol–water partition coefficient (Wildman–Crippen LogP) is 4.01. The van der Waals surface area contributed by atoms with Gasteiger partial charge in [-0.1, -0.05) is 30.2 Å².